The molecule has 0 amide bonds. The van der Waals surface area contributed by atoms with Gasteiger partial charge in [-0.3, -0.25) is 0 Å². The van der Waals surface area contributed by atoms with Gasteiger partial charge in [0, 0.05) is 13.5 Å². The standard InChI is InChI=1S/C9H12N2O/c1-11(10)9-5-3-2-4-8(9)6-7-12/h2-5,7H,6,10H2,1H3. The van der Waals surface area contributed by atoms with E-state index in [0.29, 0.717) is 6.42 Å². The molecule has 0 heterocycles. The monoisotopic (exact) mass is 164 g/mol. The summed E-state index contributed by atoms with van der Waals surface area (Å²) in [5, 5.41) is 1.51. The number of hydrogen-bond acceptors (Lipinski definition) is 3. The maximum atomic E-state index is 10.3. The topological polar surface area (TPSA) is 46.3 Å². The Morgan fingerprint density at radius 3 is 2.75 bits per heavy atom. The van der Waals surface area contributed by atoms with Crippen LogP contribution in [0.1, 0.15) is 5.56 Å². The average Bonchev–Trinajstić information content (AvgIpc) is 2.05. The molecular weight excluding hydrogens is 152 g/mol. The second-order valence-electron chi connectivity index (χ2n) is 2.61. The number of nitrogens with two attached hydrogens (primary N) is 1. The summed E-state index contributed by atoms with van der Waals surface area (Å²) in [6, 6.07) is 7.57. The molecule has 1 aromatic rings. The van der Waals surface area contributed by atoms with Crippen LogP contribution >= 0.6 is 0 Å². The van der Waals surface area contributed by atoms with Gasteiger partial charge in [-0.15, -0.1) is 0 Å². The molecule has 2 N–H and O–H groups in total. The van der Waals surface area contributed by atoms with Crippen molar-refractivity contribution in [1.29, 1.82) is 0 Å². The van der Waals surface area contributed by atoms with Crippen LogP contribution in [0.4, 0.5) is 5.69 Å². The van der Waals surface area contributed by atoms with Gasteiger partial charge in [0.15, 0.2) is 0 Å². The van der Waals surface area contributed by atoms with Crippen molar-refractivity contribution in [3.63, 3.8) is 0 Å². The first-order valence-electron chi connectivity index (χ1n) is 3.75. The summed E-state index contributed by atoms with van der Waals surface area (Å²) in [4.78, 5) is 10.3. The maximum Gasteiger partial charge on any atom is 0.124 e. The SMILES string of the molecule is CN(N)c1ccccc1CC=O. The van der Waals surface area contributed by atoms with Gasteiger partial charge in [0.2, 0.25) is 0 Å². The summed E-state index contributed by atoms with van der Waals surface area (Å²) in [5.41, 5.74) is 1.85. The molecule has 0 radical (unpaired) electrons. The molecule has 0 bridgehead atoms. The van der Waals surface area contributed by atoms with Crippen molar-refractivity contribution >= 4 is 12.0 Å². The highest BCUT2D eigenvalue weighted by atomic mass is 16.1. The van der Waals surface area contributed by atoms with Gasteiger partial charge < -0.3 is 9.80 Å². The fourth-order valence-electron chi connectivity index (χ4n) is 1.12. The fourth-order valence-corrected chi connectivity index (χ4v) is 1.12. The first-order valence-corrected chi connectivity index (χ1v) is 3.75. The van der Waals surface area contributed by atoms with E-state index in [1.807, 2.05) is 24.3 Å². The molecule has 0 spiro atoms. The Bertz CT molecular complexity index is 271. The van der Waals surface area contributed by atoms with E-state index in [1.54, 1.807) is 7.05 Å². The lowest BCUT2D eigenvalue weighted by Crippen LogP contribution is -2.26. The quantitative estimate of drug-likeness (QED) is 0.407. The highest BCUT2D eigenvalue weighted by Gasteiger charge is 2.01. The molecule has 12 heavy (non-hydrogen) atoms. The molecule has 0 aliphatic carbocycles. The second kappa shape index (κ2) is 3.88. The van der Waals surface area contributed by atoms with Crippen LogP contribution in [0.25, 0.3) is 0 Å². The molecule has 1 aromatic carbocycles. The Balaban J connectivity index is 2.99. The number of carbonyl (C=O) groups is 1. The first-order chi connectivity index (χ1) is 5.75. The average molecular weight is 164 g/mol. The summed E-state index contributed by atoms with van der Waals surface area (Å²) in [6.45, 7) is 0. The number of anilines is 1. The molecule has 0 aliphatic rings. The highest BCUT2D eigenvalue weighted by Crippen LogP contribution is 2.16. The van der Waals surface area contributed by atoms with E-state index in [1.165, 1.54) is 5.01 Å². The summed E-state index contributed by atoms with van der Waals surface area (Å²) >= 11 is 0. The summed E-state index contributed by atoms with van der Waals surface area (Å²) in [5.74, 6) is 5.56. The number of hydrazine groups is 1. The third-order valence-electron chi connectivity index (χ3n) is 1.67. The van der Waals surface area contributed by atoms with Gasteiger partial charge in [0.25, 0.3) is 0 Å². The van der Waals surface area contributed by atoms with Gasteiger partial charge in [0.05, 0.1) is 5.69 Å². The molecule has 0 fully saturated rings. The van der Waals surface area contributed by atoms with E-state index in [9.17, 15) is 4.79 Å². The van der Waals surface area contributed by atoms with Crippen molar-refractivity contribution in [2.75, 3.05) is 12.1 Å². The lowest BCUT2D eigenvalue weighted by Gasteiger charge is -2.15. The molecule has 0 unspecified atom stereocenters. The zero-order valence-electron chi connectivity index (χ0n) is 7.03. The van der Waals surface area contributed by atoms with E-state index in [-0.39, 0.29) is 0 Å². The van der Waals surface area contributed by atoms with Crippen LogP contribution < -0.4 is 10.9 Å². The van der Waals surface area contributed by atoms with Crippen molar-refractivity contribution in [2.24, 2.45) is 5.84 Å². The van der Waals surface area contributed by atoms with Crippen molar-refractivity contribution in [1.82, 2.24) is 0 Å². The smallest absolute Gasteiger partial charge is 0.124 e. The number of rotatable bonds is 3. The Hall–Kier alpha value is -1.35. The van der Waals surface area contributed by atoms with Crippen molar-refractivity contribution in [2.45, 2.75) is 6.42 Å². The zero-order chi connectivity index (χ0) is 8.97. The van der Waals surface area contributed by atoms with Crippen LogP contribution in [0, 0.1) is 0 Å². The molecule has 0 saturated heterocycles. The van der Waals surface area contributed by atoms with Gasteiger partial charge >= 0.3 is 0 Å². The Morgan fingerprint density at radius 2 is 2.17 bits per heavy atom. The minimum absolute atomic E-state index is 0.414. The summed E-state index contributed by atoms with van der Waals surface area (Å²) < 4.78 is 0. The first kappa shape index (κ1) is 8.74. The van der Waals surface area contributed by atoms with E-state index in [4.69, 9.17) is 5.84 Å². The highest BCUT2D eigenvalue weighted by molar-refractivity contribution is 5.62. The number of hydrogen-bond donors (Lipinski definition) is 1. The fraction of sp³-hybridized carbons (Fsp3) is 0.222. The van der Waals surface area contributed by atoms with Crippen molar-refractivity contribution < 1.29 is 4.79 Å². The lowest BCUT2D eigenvalue weighted by molar-refractivity contribution is -0.107. The number of nitrogens with zero attached hydrogens (tertiary/aromatic N) is 1. The minimum atomic E-state index is 0.414. The van der Waals surface area contributed by atoms with Crippen molar-refractivity contribution in [3.8, 4) is 0 Å². The molecular formula is C9H12N2O. The van der Waals surface area contributed by atoms with Gasteiger partial charge in [-0.25, -0.2) is 5.84 Å². The Kier molecular flexibility index (Phi) is 2.82. The molecule has 0 aromatic heterocycles. The lowest BCUT2D eigenvalue weighted by atomic mass is 10.1. The normalized spacial score (nSPS) is 9.50. The summed E-state index contributed by atoms with van der Waals surface area (Å²) in [6.07, 6.45) is 1.29. The van der Waals surface area contributed by atoms with E-state index < -0.39 is 0 Å². The van der Waals surface area contributed by atoms with Crippen LogP contribution in [0.3, 0.4) is 0 Å². The van der Waals surface area contributed by atoms with Crippen LogP contribution in [0.5, 0.6) is 0 Å². The Labute approximate surface area is 71.8 Å². The van der Waals surface area contributed by atoms with Crippen LogP contribution in [0.2, 0.25) is 0 Å². The second-order valence-corrected chi connectivity index (χ2v) is 2.61. The van der Waals surface area contributed by atoms with Gasteiger partial charge in [0.1, 0.15) is 6.29 Å². The predicted octanol–water partition coefficient (Wildman–Crippen LogP) is 0.738. The van der Waals surface area contributed by atoms with Gasteiger partial charge in [-0.1, -0.05) is 18.2 Å². The summed E-state index contributed by atoms with van der Waals surface area (Å²) in [7, 11) is 1.75. The van der Waals surface area contributed by atoms with Gasteiger partial charge in [-0.2, -0.15) is 0 Å². The predicted molar refractivity (Wildman–Crippen MR) is 48.8 cm³/mol. The molecule has 0 aliphatic heterocycles. The number of para-hydroxylation sites is 1. The molecule has 64 valence electrons. The number of benzene rings is 1. The minimum Gasteiger partial charge on any atom is -0.314 e. The third-order valence-corrected chi connectivity index (χ3v) is 1.67. The van der Waals surface area contributed by atoms with E-state index in [2.05, 4.69) is 0 Å². The molecule has 0 atom stereocenters. The molecule has 3 heteroatoms. The van der Waals surface area contributed by atoms with Crippen LogP contribution in [-0.2, 0) is 11.2 Å². The molecule has 0 saturated carbocycles. The zero-order valence-corrected chi connectivity index (χ0v) is 7.03. The number of aldehydes is 1. The van der Waals surface area contributed by atoms with E-state index in [0.717, 1.165) is 17.5 Å². The van der Waals surface area contributed by atoms with Crippen LogP contribution in [-0.4, -0.2) is 13.3 Å². The largest absolute Gasteiger partial charge is 0.314 e. The van der Waals surface area contributed by atoms with E-state index >= 15 is 0 Å². The number of carbonyl (C=O) groups excluding carboxylic acids is 1. The van der Waals surface area contributed by atoms with Crippen molar-refractivity contribution in [3.05, 3.63) is 29.8 Å². The Morgan fingerprint density at radius 1 is 1.50 bits per heavy atom. The third kappa shape index (κ3) is 1.83. The molecule has 3 nitrogen and oxygen atoms in total. The molecule has 1 rings (SSSR count). The van der Waals surface area contributed by atoms with Crippen LogP contribution in [0.15, 0.2) is 24.3 Å². The van der Waals surface area contributed by atoms with Gasteiger partial charge in [-0.05, 0) is 11.6 Å². The maximum absolute atomic E-state index is 10.3.